The predicted octanol–water partition coefficient (Wildman–Crippen LogP) is 3.77. The van der Waals surface area contributed by atoms with Gasteiger partial charge < -0.3 is 11.1 Å². The number of piperidine rings is 1. The normalized spacial score (nSPS) is 18.8. The minimum atomic E-state index is -0.264. The lowest BCUT2D eigenvalue weighted by Gasteiger charge is -2.33. The van der Waals surface area contributed by atoms with Crippen LogP contribution in [-0.2, 0) is 17.9 Å². The highest BCUT2D eigenvalue weighted by Gasteiger charge is 2.18. The first-order valence-corrected chi connectivity index (χ1v) is 10.0. The van der Waals surface area contributed by atoms with Gasteiger partial charge in [0.1, 0.15) is 0 Å². The van der Waals surface area contributed by atoms with E-state index in [-0.39, 0.29) is 11.9 Å². The fourth-order valence-corrected chi connectivity index (χ4v) is 3.68. The van der Waals surface area contributed by atoms with Gasteiger partial charge in [-0.15, -0.1) is 0 Å². The molecule has 0 aromatic heterocycles. The second-order valence-electron chi connectivity index (χ2n) is 7.63. The maximum atomic E-state index is 12.2. The SMILES string of the molecule is CC1CCCCN1Cc1ccc(CNC(=O)CC(N)c2ccccc2)cc1. The molecule has 0 bridgehead atoms. The number of hydrogen-bond donors (Lipinski definition) is 2. The zero-order valence-electron chi connectivity index (χ0n) is 16.2. The molecule has 1 aliphatic heterocycles. The summed E-state index contributed by atoms with van der Waals surface area (Å²) < 4.78 is 0. The van der Waals surface area contributed by atoms with Crippen molar-refractivity contribution in [2.75, 3.05) is 6.54 Å². The fraction of sp³-hybridized carbons (Fsp3) is 0.435. The predicted molar refractivity (Wildman–Crippen MR) is 110 cm³/mol. The first-order valence-electron chi connectivity index (χ1n) is 10.0. The summed E-state index contributed by atoms with van der Waals surface area (Å²) >= 11 is 0. The summed E-state index contributed by atoms with van der Waals surface area (Å²) in [4.78, 5) is 14.7. The van der Waals surface area contributed by atoms with E-state index >= 15 is 0 Å². The molecule has 0 aliphatic carbocycles. The monoisotopic (exact) mass is 365 g/mol. The molecule has 1 amide bonds. The Balaban J connectivity index is 1.45. The van der Waals surface area contributed by atoms with E-state index in [1.807, 2.05) is 30.3 Å². The molecule has 2 aromatic carbocycles. The number of hydrogen-bond acceptors (Lipinski definition) is 3. The number of carbonyl (C=O) groups excluding carboxylic acids is 1. The smallest absolute Gasteiger partial charge is 0.222 e. The van der Waals surface area contributed by atoms with Gasteiger partial charge in [-0.1, -0.05) is 61.0 Å². The van der Waals surface area contributed by atoms with Crippen LogP contribution < -0.4 is 11.1 Å². The van der Waals surface area contributed by atoms with Crippen molar-refractivity contribution in [3.63, 3.8) is 0 Å². The Labute approximate surface area is 162 Å². The van der Waals surface area contributed by atoms with E-state index in [4.69, 9.17) is 5.73 Å². The van der Waals surface area contributed by atoms with Crippen LogP contribution in [0.5, 0.6) is 0 Å². The highest BCUT2D eigenvalue weighted by molar-refractivity contribution is 5.76. The van der Waals surface area contributed by atoms with Crippen LogP contribution in [0.4, 0.5) is 0 Å². The van der Waals surface area contributed by atoms with E-state index in [2.05, 4.69) is 41.4 Å². The van der Waals surface area contributed by atoms with E-state index in [0.717, 1.165) is 17.7 Å². The molecule has 27 heavy (non-hydrogen) atoms. The van der Waals surface area contributed by atoms with Crippen LogP contribution in [0.3, 0.4) is 0 Å². The molecule has 0 spiro atoms. The molecule has 0 saturated carbocycles. The van der Waals surface area contributed by atoms with Crippen LogP contribution in [0.1, 0.15) is 55.3 Å². The van der Waals surface area contributed by atoms with Crippen LogP contribution in [0, 0.1) is 0 Å². The second kappa shape index (κ2) is 9.67. The van der Waals surface area contributed by atoms with E-state index in [9.17, 15) is 4.79 Å². The first-order chi connectivity index (χ1) is 13.1. The van der Waals surface area contributed by atoms with E-state index < -0.39 is 0 Å². The minimum absolute atomic E-state index is 0.0161. The van der Waals surface area contributed by atoms with Gasteiger partial charge in [-0.05, 0) is 43.0 Å². The number of benzene rings is 2. The molecular formula is C23H31N3O. The summed E-state index contributed by atoms with van der Waals surface area (Å²) in [6.45, 7) is 5.07. The minimum Gasteiger partial charge on any atom is -0.352 e. The van der Waals surface area contributed by atoms with Crippen LogP contribution in [0.15, 0.2) is 54.6 Å². The third kappa shape index (κ3) is 5.91. The van der Waals surface area contributed by atoms with Gasteiger partial charge in [0.05, 0.1) is 0 Å². The molecule has 3 rings (SSSR count). The van der Waals surface area contributed by atoms with Crippen LogP contribution in [0.25, 0.3) is 0 Å². The van der Waals surface area contributed by atoms with Crippen molar-refractivity contribution in [1.82, 2.24) is 10.2 Å². The maximum absolute atomic E-state index is 12.2. The van der Waals surface area contributed by atoms with Crippen molar-refractivity contribution < 1.29 is 4.79 Å². The molecule has 144 valence electrons. The quantitative estimate of drug-likeness (QED) is 0.785. The summed E-state index contributed by atoms with van der Waals surface area (Å²) in [5.41, 5.74) is 9.56. The van der Waals surface area contributed by atoms with Gasteiger partial charge >= 0.3 is 0 Å². The molecule has 4 nitrogen and oxygen atoms in total. The van der Waals surface area contributed by atoms with Gasteiger partial charge in [-0.3, -0.25) is 9.69 Å². The molecule has 1 fully saturated rings. The average Bonchev–Trinajstić information content (AvgIpc) is 2.70. The number of nitrogens with two attached hydrogens (primary N) is 1. The van der Waals surface area contributed by atoms with Gasteiger partial charge in [0.15, 0.2) is 0 Å². The average molecular weight is 366 g/mol. The summed E-state index contributed by atoms with van der Waals surface area (Å²) in [5.74, 6) is -0.0161. The fourth-order valence-electron chi connectivity index (χ4n) is 3.68. The molecule has 1 aliphatic rings. The first kappa shape index (κ1) is 19.6. The number of nitrogens with one attached hydrogen (secondary N) is 1. The highest BCUT2D eigenvalue weighted by Crippen LogP contribution is 2.19. The van der Waals surface area contributed by atoms with Crippen molar-refractivity contribution in [2.45, 2.75) is 57.8 Å². The Morgan fingerprint density at radius 1 is 1.11 bits per heavy atom. The summed E-state index contributed by atoms with van der Waals surface area (Å²) in [6, 6.07) is 18.7. The van der Waals surface area contributed by atoms with Gasteiger partial charge in [0.2, 0.25) is 5.91 Å². The third-order valence-electron chi connectivity index (χ3n) is 5.47. The van der Waals surface area contributed by atoms with Crippen molar-refractivity contribution in [1.29, 1.82) is 0 Å². The second-order valence-corrected chi connectivity index (χ2v) is 7.63. The Hall–Kier alpha value is -2.17. The Bertz CT molecular complexity index is 714. The molecule has 4 heteroatoms. The Kier molecular flexibility index (Phi) is 7.02. The number of likely N-dealkylation sites (tertiary alicyclic amines) is 1. The zero-order valence-corrected chi connectivity index (χ0v) is 16.2. The zero-order chi connectivity index (χ0) is 19.1. The van der Waals surface area contributed by atoms with E-state index in [1.165, 1.54) is 31.4 Å². The topological polar surface area (TPSA) is 58.4 Å². The summed E-state index contributed by atoms with van der Waals surface area (Å²) in [5, 5.41) is 2.98. The maximum Gasteiger partial charge on any atom is 0.222 e. The number of carbonyl (C=O) groups is 1. The van der Waals surface area contributed by atoms with E-state index in [1.54, 1.807) is 0 Å². The largest absolute Gasteiger partial charge is 0.352 e. The van der Waals surface area contributed by atoms with Crippen LogP contribution >= 0.6 is 0 Å². The van der Waals surface area contributed by atoms with Crippen molar-refractivity contribution in [2.24, 2.45) is 5.73 Å². The van der Waals surface area contributed by atoms with Crippen LogP contribution in [-0.4, -0.2) is 23.4 Å². The third-order valence-corrected chi connectivity index (χ3v) is 5.47. The molecule has 3 N–H and O–H groups in total. The van der Waals surface area contributed by atoms with Gasteiger partial charge in [-0.25, -0.2) is 0 Å². The van der Waals surface area contributed by atoms with Gasteiger partial charge in [-0.2, -0.15) is 0 Å². The van der Waals surface area contributed by atoms with Gasteiger partial charge in [0, 0.05) is 31.6 Å². The molecule has 1 heterocycles. The van der Waals surface area contributed by atoms with Crippen molar-refractivity contribution in [3.05, 3.63) is 71.3 Å². The molecule has 1 saturated heterocycles. The molecule has 0 radical (unpaired) electrons. The number of nitrogens with zero attached hydrogens (tertiary/aromatic N) is 1. The van der Waals surface area contributed by atoms with Crippen molar-refractivity contribution in [3.8, 4) is 0 Å². The summed E-state index contributed by atoms with van der Waals surface area (Å²) in [6.07, 6.45) is 4.26. The van der Waals surface area contributed by atoms with Crippen LogP contribution in [0.2, 0.25) is 0 Å². The van der Waals surface area contributed by atoms with E-state index in [0.29, 0.717) is 19.0 Å². The van der Waals surface area contributed by atoms with Gasteiger partial charge in [0.25, 0.3) is 0 Å². The Morgan fingerprint density at radius 3 is 2.52 bits per heavy atom. The standard InChI is InChI=1S/C23H31N3O/c1-18-7-5-6-14-26(18)17-20-12-10-19(11-13-20)16-25-23(27)15-22(24)21-8-3-2-4-9-21/h2-4,8-13,18,22H,5-7,14-17,24H2,1H3,(H,25,27). The molecule has 2 unspecified atom stereocenters. The lowest BCUT2D eigenvalue weighted by molar-refractivity contribution is -0.121. The number of amides is 1. The molecule has 2 aromatic rings. The molecular weight excluding hydrogens is 334 g/mol. The Morgan fingerprint density at radius 2 is 1.81 bits per heavy atom. The molecule has 2 atom stereocenters. The highest BCUT2D eigenvalue weighted by atomic mass is 16.1. The van der Waals surface area contributed by atoms with Crippen molar-refractivity contribution >= 4 is 5.91 Å². The number of rotatable bonds is 7. The lowest BCUT2D eigenvalue weighted by Crippen LogP contribution is -2.36. The summed E-state index contributed by atoms with van der Waals surface area (Å²) in [7, 11) is 0. The lowest BCUT2D eigenvalue weighted by atomic mass is 10.0.